The molecule has 1 atom stereocenters. The van der Waals surface area contributed by atoms with Gasteiger partial charge in [0.05, 0.1) is 5.52 Å². The molecule has 0 amide bonds. The summed E-state index contributed by atoms with van der Waals surface area (Å²) in [5.74, 6) is 2.14. The van der Waals surface area contributed by atoms with Crippen molar-refractivity contribution in [1.29, 1.82) is 0 Å². The van der Waals surface area contributed by atoms with Gasteiger partial charge in [-0.15, -0.1) is 0 Å². The number of nitrogens with zero attached hydrogens (tertiary/aromatic N) is 4. The number of imidazole rings is 1. The number of aromatic nitrogens is 4. The van der Waals surface area contributed by atoms with Gasteiger partial charge in [-0.1, -0.05) is 27.2 Å². The van der Waals surface area contributed by atoms with Crippen molar-refractivity contribution in [2.45, 2.75) is 59.0 Å². The van der Waals surface area contributed by atoms with Crippen molar-refractivity contribution in [3.05, 3.63) is 24.2 Å². The van der Waals surface area contributed by atoms with Crippen molar-refractivity contribution in [2.75, 3.05) is 18.8 Å². The number of nitrogens with two attached hydrogens (primary N) is 2. The van der Waals surface area contributed by atoms with Crippen LogP contribution < -0.4 is 16.8 Å². The maximum Gasteiger partial charge on any atom is 0.152 e. The minimum atomic E-state index is 0.182. The summed E-state index contributed by atoms with van der Waals surface area (Å²) in [5.41, 5.74) is 15.8. The van der Waals surface area contributed by atoms with Crippen LogP contribution in [0, 0.1) is 5.92 Å². The number of nitrogens with one attached hydrogen (secondary N) is 1. The summed E-state index contributed by atoms with van der Waals surface area (Å²) in [7, 11) is 0. The van der Waals surface area contributed by atoms with E-state index >= 15 is 0 Å². The fraction of sp³-hybridized carbons (Fsp3) is 0.571. The molecule has 5 N–H and O–H groups in total. The number of anilines is 1. The molecule has 0 spiro atoms. The first kappa shape index (κ1) is 20.5. The first-order valence-electron chi connectivity index (χ1n) is 10.4. The van der Waals surface area contributed by atoms with E-state index in [1.54, 1.807) is 6.20 Å². The normalized spacial score (nSPS) is 13.0. The summed E-state index contributed by atoms with van der Waals surface area (Å²) in [5, 5.41) is 3.50. The predicted octanol–water partition coefficient (Wildman–Crippen LogP) is 2.87. The maximum absolute atomic E-state index is 6.23. The molecule has 7 nitrogen and oxygen atoms in total. The monoisotopic (exact) mass is 383 g/mol. The number of rotatable bonds is 10. The molecular weight excluding hydrogens is 350 g/mol. The highest BCUT2D eigenvalue weighted by Gasteiger charge is 2.17. The zero-order chi connectivity index (χ0) is 20.1. The van der Waals surface area contributed by atoms with Crippen LogP contribution >= 0.6 is 0 Å². The van der Waals surface area contributed by atoms with E-state index in [2.05, 4.69) is 40.6 Å². The molecular formula is C21H33N7. The van der Waals surface area contributed by atoms with E-state index in [1.807, 2.05) is 12.1 Å². The highest BCUT2D eigenvalue weighted by atomic mass is 15.1. The number of unbranched alkanes of at least 4 members (excludes halogenated alkanes) is 1. The maximum atomic E-state index is 6.23. The highest BCUT2D eigenvalue weighted by molar-refractivity contribution is 6.04. The average Bonchev–Trinajstić information content (AvgIpc) is 3.02. The lowest BCUT2D eigenvalue weighted by molar-refractivity contribution is 0.460. The van der Waals surface area contributed by atoms with Crippen LogP contribution in [0.3, 0.4) is 0 Å². The largest absolute Gasteiger partial charge is 0.382 e. The van der Waals surface area contributed by atoms with Gasteiger partial charge < -0.3 is 21.4 Å². The minimum absolute atomic E-state index is 0.182. The zero-order valence-corrected chi connectivity index (χ0v) is 17.3. The summed E-state index contributed by atoms with van der Waals surface area (Å²) < 4.78 is 2.26. The number of nitrogen functional groups attached to an aromatic ring is 1. The second-order valence-electron chi connectivity index (χ2n) is 7.94. The summed E-state index contributed by atoms with van der Waals surface area (Å²) >= 11 is 0. The Morgan fingerprint density at radius 1 is 1.21 bits per heavy atom. The zero-order valence-electron chi connectivity index (χ0n) is 17.3. The molecule has 0 aliphatic heterocycles. The smallest absolute Gasteiger partial charge is 0.152 e. The van der Waals surface area contributed by atoms with Gasteiger partial charge in [-0.25, -0.2) is 9.97 Å². The van der Waals surface area contributed by atoms with Gasteiger partial charge in [0.25, 0.3) is 0 Å². The third-order valence-electron chi connectivity index (χ3n) is 4.99. The van der Waals surface area contributed by atoms with Crippen molar-refractivity contribution in [1.82, 2.24) is 24.8 Å². The van der Waals surface area contributed by atoms with Gasteiger partial charge in [-0.3, -0.25) is 4.98 Å². The Kier molecular flexibility index (Phi) is 6.80. The minimum Gasteiger partial charge on any atom is -0.382 e. The summed E-state index contributed by atoms with van der Waals surface area (Å²) in [4.78, 5) is 13.9. The second kappa shape index (κ2) is 9.30. The molecule has 0 radical (unpaired) electrons. The van der Waals surface area contributed by atoms with E-state index in [0.717, 1.165) is 73.2 Å². The van der Waals surface area contributed by atoms with Crippen molar-refractivity contribution in [3.63, 3.8) is 0 Å². The lowest BCUT2D eigenvalue weighted by atomic mass is 10.0. The molecule has 3 heterocycles. The lowest BCUT2D eigenvalue weighted by Crippen LogP contribution is -2.36. The summed E-state index contributed by atoms with van der Waals surface area (Å²) in [6, 6.07) is 4.02. The highest BCUT2D eigenvalue weighted by Crippen LogP contribution is 2.27. The third-order valence-corrected chi connectivity index (χ3v) is 4.99. The molecule has 1 unspecified atom stereocenters. The Hall–Kier alpha value is -2.25. The molecule has 28 heavy (non-hydrogen) atoms. The van der Waals surface area contributed by atoms with Gasteiger partial charge in [0, 0.05) is 38.3 Å². The molecule has 0 fully saturated rings. The van der Waals surface area contributed by atoms with E-state index in [9.17, 15) is 0 Å². The molecule has 0 aliphatic rings. The van der Waals surface area contributed by atoms with Gasteiger partial charge in [0.2, 0.25) is 0 Å². The van der Waals surface area contributed by atoms with Gasteiger partial charge in [0.15, 0.2) is 5.82 Å². The van der Waals surface area contributed by atoms with Gasteiger partial charge in [-0.05, 0) is 30.9 Å². The Morgan fingerprint density at radius 2 is 2.04 bits per heavy atom. The van der Waals surface area contributed by atoms with Crippen LogP contribution in [0.15, 0.2) is 18.3 Å². The van der Waals surface area contributed by atoms with Crippen LogP contribution in [0.2, 0.25) is 0 Å². The third kappa shape index (κ3) is 4.59. The molecule has 3 aromatic heterocycles. The van der Waals surface area contributed by atoms with Crippen LogP contribution in [0.1, 0.15) is 45.9 Å². The summed E-state index contributed by atoms with van der Waals surface area (Å²) in [6.07, 6.45) is 5.96. The van der Waals surface area contributed by atoms with Crippen molar-refractivity contribution >= 4 is 27.9 Å². The molecule has 0 aliphatic carbocycles. The van der Waals surface area contributed by atoms with Crippen molar-refractivity contribution in [3.8, 4) is 0 Å². The molecule has 0 bridgehead atoms. The molecule has 3 rings (SSSR count). The molecule has 0 aromatic carbocycles. The molecule has 7 heteroatoms. The molecule has 152 valence electrons. The fourth-order valence-corrected chi connectivity index (χ4v) is 3.70. The molecule has 3 aromatic rings. The standard InChI is InChI=1S/C21H33N7/c1-4-5-8-17-27-19-20(18-16(26-21(19)23)7-6-9-25-18)28(17)11-10-24-13-15(22)12-14(2)3/h6-7,9,14-15,24H,4-5,8,10-13,22H2,1-3H3,(H2,23,26). The molecule has 0 saturated carbocycles. The SMILES string of the molecule is CCCCc1nc2c(N)nc3cccnc3c2n1CCNCC(N)CC(C)C. The first-order valence-corrected chi connectivity index (χ1v) is 10.4. The topological polar surface area (TPSA) is 108 Å². The number of fused-ring (bicyclic) bond motifs is 3. The van der Waals surface area contributed by atoms with E-state index in [0.29, 0.717) is 11.7 Å². The number of aryl methyl sites for hydroxylation is 1. The Morgan fingerprint density at radius 3 is 2.79 bits per heavy atom. The van der Waals surface area contributed by atoms with Gasteiger partial charge in [0.1, 0.15) is 22.4 Å². The van der Waals surface area contributed by atoms with Gasteiger partial charge >= 0.3 is 0 Å². The Balaban J connectivity index is 1.88. The number of pyridine rings is 2. The predicted molar refractivity (Wildman–Crippen MR) is 116 cm³/mol. The number of hydrogen-bond acceptors (Lipinski definition) is 6. The van der Waals surface area contributed by atoms with E-state index in [4.69, 9.17) is 16.5 Å². The van der Waals surface area contributed by atoms with Crippen LogP contribution in [-0.2, 0) is 13.0 Å². The first-order chi connectivity index (χ1) is 13.5. The molecule has 0 saturated heterocycles. The van der Waals surface area contributed by atoms with E-state index in [1.165, 1.54) is 0 Å². The second-order valence-corrected chi connectivity index (χ2v) is 7.94. The average molecular weight is 384 g/mol. The lowest BCUT2D eigenvalue weighted by Gasteiger charge is -2.16. The van der Waals surface area contributed by atoms with Gasteiger partial charge in [-0.2, -0.15) is 0 Å². The van der Waals surface area contributed by atoms with Crippen molar-refractivity contribution in [2.24, 2.45) is 11.7 Å². The van der Waals surface area contributed by atoms with Crippen LogP contribution in [0.25, 0.3) is 22.1 Å². The van der Waals surface area contributed by atoms with E-state index in [-0.39, 0.29) is 6.04 Å². The Labute approximate surface area is 166 Å². The van der Waals surface area contributed by atoms with E-state index < -0.39 is 0 Å². The van der Waals surface area contributed by atoms with Crippen LogP contribution in [-0.4, -0.2) is 38.7 Å². The summed E-state index contributed by atoms with van der Waals surface area (Å²) in [6.45, 7) is 9.05. The van der Waals surface area contributed by atoms with Crippen molar-refractivity contribution < 1.29 is 0 Å². The fourth-order valence-electron chi connectivity index (χ4n) is 3.70. The Bertz CT molecular complexity index is 916. The van der Waals surface area contributed by atoms with Crippen LogP contribution in [0.4, 0.5) is 5.82 Å². The quantitative estimate of drug-likeness (QED) is 0.465. The number of hydrogen-bond donors (Lipinski definition) is 3. The van der Waals surface area contributed by atoms with Crippen LogP contribution in [0.5, 0.6) is 0 Å².